The molecule has 1 spiro atoms. The zero-order chi connectivity index (χ0) is 7.57. The summed E-state index contributed by atoms with van der Waals surface area (Å²) in [5.74, 6) is 2.05. The van der Waals surface area contributed by atoms with Crippen LogP contribution in [0.3, 0.4) is 0 Å². The fourth-order valence-corrected chi connectivity index (χ4v) is 3.53. The van der Waals surface area contributed by atoms with E-state index in [0.717, 1.165) is 22.7 Å². The summed E-state index contributed by atoms with van der Waals surface area (Å²) >= 11 is 0. The average Bonchev–Trinajstić information content (AvgIpc) is 2.69. The van der Waals surface area contributed by atoms with E-state index in [1.807, 2.05) is 0 Å². The van der Waals surface area contributed by atoms with Gasteiger partial charge in [0.1, 0.15) is 0 Å². The first-order valence-corrected chi connectivity index (χ1v) is 4.59. The van der Waals surface area contributed by atoms with Gasteiger partial charge in [-0.3, -0.25) is 0 Å². The summed E-state index contributed by atoms with van der Waals surface area (Å²) in [6, 6.07) is 0. The molecule has 0 bridgehead atoms. The molecule has 0 nitrogen and oxygen atoms in total. The van der Waals surface area contributed by atoms with Crippen molar-refractivity contribution in [2.75, 3.05) is 0 Å². The molecule has 0 N–H and O–H groups in total. The van der Waals surface area contributed by atoms with E-state index in [-0.39, 0.29) is 0 Å². The van der Waals surface area contributed by atoms with Gasteiger partial charge in [-0.1, -0.05) is 27.7 Å². The molecule has 58 valence electrons. The van der Waals surface area contributed by atoms with Gasteiger partial charge in [-0.25, -0.2) is 0 Å². The minimum absolute atomic E-state index is 0.729. The summed E-state index contributed by atoms with van der Waals surface area (Å²) in [5.41, 5.74) is 1.55. The molecule has 0 radical (unpaired) electrons. The second kappa shape index (κ2) is 1.44. The number of hydrogen-bond acceptors (Lipinski definition) is 0. The SMILES string of the molecule is CCC1(C)C(C)C12CC2C. The predicted octanol–water partition coefficient (Wildman–Crippen LogP) is 3.08. The van der Waals surface area contributed by atoms with E-state index in [2.05, 4.69) is 27.7 Å². The first-order valence-electron chi connectivity index (χ1n) is 4.59. The minimum Gasteiger partial charge on any atom is -0.0648 e. The fourth-order valence-electron chi connectivity index (χ4n) is 3.53. The van der Waals surface area contributed by atoms with Crippen molar-refractivity contribution in [1.29, 1.82) is 0 Å². The van der Waals surface area contributed by atoms with E-state index >= 15 is 0 Å². The van der Waals surface area contributed by atoms with Crippen LogP contribution < -0.4 is 0 Å². The monoisotopic (exact) mass is 138 g/mol. The van der Waals surface area contributed by atoms with Gasteiger partial charge < -0.3 is 0 Å². The third-order valence-corrected chi connectivity index (χ3v) is 4.81. The van der Waals surface area contributed by atoms with Crippen LogP contribution in [0.4, 0.5) is 0 Å². The molecule has 0 amide bonds. The van der Waals surface area contributed by atoms with Crippen LogP contribution in [0.15, 0.2) is 0 Å². The lowest BCUT2D eigenvalue weighted by molar-refractivity contribution is 0.449. The highest BCUT2D eigenvalue weighted by Crippen LogP contribution is 2.86. The lowest BCUT2D eigenvalue weighted by Gasteiger charge is -2.04. The summed E-state index contributed by atoms with van der Waals surface area (Å²) in [6.45, 7) is 9.67. The highest BCUT2D eigenvalue weighted by atomic mass is 14.8. The Balaban J connectivity index is 2.19. The van der Waals surface area contributed by atoms with Crippen LogP contribution in [0, 0.1) is 22.7 Å². The van der Waals surface area contributed by atoms with E-state index in [0.29, 0.717) is 0 Å². The quantitative estimate of drug-likeness (QED) is 0.522. The summed E-state index contributed by atoms with van der Waals surface area (Å²) in [5, 5.41) is 0. The molecule has 0 aliphatic heterocycles. The Morgan fingerprint density at radius 1 is 1.40 bits per heavy atom. The maximum atomic E-state index is 2.47. The summed E-state index contributed by atoms with van der Waals surface area (Å²) in [6.07, 6.45) is 2.90. The van der Waals surface area contributed by atoms with Crippen LogP contribution in [0.1, 0.15) is 40.5 Å². The maximum absolute atomic E-state index is 2.47. The molecule has 4 unspecified atom stereocenters. The molecule has 2 saturated carbocycles. The summed E-state index contributed by atoms with van der Waals surface area (Å²) < 4.78 is 0. The minimum atomic E-state index is 0.729. The Morgan fingerprint density at radius 3 is 2.00 bits per heavy atom. The van der Waals surface area contributed by atoms with Gasteiger partial charge >= 0.3 is 0 Å². The van der Waals surface area contributed by atoms with E-state index in [9.17, 15) is 0 Å². The molecule has 0 aromatic carbocycles. The third-order valence-electron chi connectivity index (χ3n) is 4.81. The van der Waals surface area contributed by atoms with Gasteiger partial charge in [0.25, 0.3) is 0 Å². The Labute approximate surface area is 64.0 Å². The van der Waals surface area contributed by atoms with Crippen molar-refractivity contribution in [3.63, 3.8) is 0 Å². The second-order valence-corrected chi connectivity index (χ2v) is 4.64. The molecule has 0 aromatic heterocycles. The topological polar surface area (TPSA) is 0 Å². The molecule has 4 atom stereocenters. The summed E-state index contributed by atoms with van der Waals surface area (Å²) in [4.78, 5) is 0. The Morgan fingerprint density at radius 2 is 1.90 bits per heavy atom. The smallest absolute Gasteiger partial charge is 0.0181 e. The molecule has 0 heteroatoms. The van der Waals surface area contributed by atoms with E-state index in [1.54, 1.807) is 0 Å². The Kier molecular flexibility index (Phi) is 0.964. The maximum Gasteiger partial charge on any atom is -0.0181 e. The van der Waals surface area contributed by atoms with Crippen LogP contribution in [-0.4, -0.2) is 0 Å². The lowest BCUT2D eigenvalue weighted by Crippen LogP contribution is -1.96. The predicted molar refractivity (Wildman–Crippen MR) is 43.8 cm³/mol. The van der Waals surface area contributed by atoms with Crippen LogP contribution >= 0.6 is 0 Å². The van der Waals surface area contributed by atoms with Crippen molar-refractivity contribution >= 4 is 0 Å². The van der Waals surface area contributed by atoms with Gasteiger partial charge in [0, 0.05) is 0 Å². The van der Waals surface area contributed by atoms with Crippen molar-refractivity contribution in [1.82, 2.24) is 0 Å². The zero-order valence-electron chi connectivity index (χ0n) is 7.57. The molecule has 0 aromatic rings. The number of rotatable bonds is 1. The van der Waals surface area contributed by atoms with E-state index in [1.165, 1.54) is 12.8 Å². The lowest BCUT2D eigenvalue weighted by atomic mass is 10.0. The first-order chi connectivity index (χ1) is 4.59. The Bertz CT molecular complexity index is 165. The van der Waals surface area contributed by atoms with E-state index < -0.39 is 0 Å². The largest absolute Gasteiger partial charge is 0.0648 e. The number of hydrogen-bond donors (Lipinski definition) is 0. The molecule has 0 heterocycles. The van der Waals surface area contributed by atoms with Crippen LogP contribution in [0.2, 0.25) is 0 Å². The first kappa shape index (κ1) is 6.69. The normalized spacial score (nSPS) is 64.8. The van der Waals surface area contributed by atoms with Crippen molar-refractivity contribution in [2.24, 2.45) is 22.7 Å². The zero-order valence-corrected chi connectivity index (χ0v) is 7.57. The standard InChI is InChI=1S/C10H18/c1-5-9(4)8(3)10(9)6-7(10)2/h7-8H,5-6H2,1-4H3. The molecular formula is C10H18. The highest BCUT2D eigenvalue weighted by molar-refractivity contribution is 5.27. The molecule has 10 heavy (non-hydrogen) atoms. The summed E-state index contributed by atoms with van der Waals surface area (Å²) in [7, 11) is 0. The van der Waals surface area contributed by atoms with Crippen molar-refractivity contribution < 1.29 is 0 Å². The van der Waals surface area contributed by atoms with Gasteiger partial charge in [0.15, 0.2) is 0 Å². The molecule has 0 saturated heterocycles. The van der Waals surface area contributed by atoms with Gasteiger partial charge in [-0.2, -0.15) is 0 Å². The molecule has 2 rings (SSSR count). The second-order valence-electron chi connectivity index (χ2n) is 4.64. The molecule has 2 fully saturated rings. The van der Waals surface area contributed by atoms with Crippen molar-refractivity contribution in [3.05, 3.63) is 0 Å². The van der Waals surface area contributed by atoms with Crippen LogP contribution in [0.25, 0.3) is 0 Å². The van der Waals surface area contributed by atoms with Crippen LogP contribution in [-0.2, 0) is 0 Å². The average molecular weight is 138 g/mol. The van der Waals surface area contributed by atoms with Gasteiger partial charge in [-0.15, -0.1) is 0 Å². The van der Waals surface area contributed by atoms with Crippen molar-refractivity contribution in [2.45, 2.75) is 40.5 Å². The van der Waals surface area contributed by atoms with Gasteiger partial charge in [0.05, 0.1) is 0 Å². The highest BCUT2D eigenvalue weighted by Gasteiger charge is 2.79. The molecule has 2 aliphatic rings. The fraction of sp³-hybridized carbons (Fsp3) is 1.00. The van der Waals surface area contributed by atoms with E-state index in [4.69, 9.17) is 0 Å². The molecule has 2 aliphatic carbocycles. The van der Waals surface area contributed by atoms with Crippen molar-refractivity contribution in [3.8, 4) is 0 Å². The Hall–Kier alpha value is 0. The van der Waals surface area contributed by atoms with Gasteiger partial charge in [-0.05, 0) is 35.5 Å². The van der Waals surface area contributed by atoms with Gasteiger partial charge in [0.2, 0.25) is 0 Å². The van der Waals surface area contributed by atoms with Crippen LogP contribution in [0.5, 0.6) is 0 Å². The molecular weight excluding hydrogens is 120 g/mol. The third kappa shape index (κ3) is 0.408.